The van der Waals surface area contributed by atoms with Crippen LogP contribution in [0.3, 0.4) is 0 Å². The third-order valence-electron chi connectivity index (χ3n) is 13.2. The van der Waals surface area contributed by atoms with E-state index in [0.717, 1.165) is 68.2 Å². The number of amides is 1. The summed E-state index contributed by atoms with van der Waals surface area (Å²) in [6.07, 6.45) is 5.79. The summed E-state index contributed by atoms with van der Waals surface area (Å²) in [5.74, 6) is -4.31. The van der Waals surface area contributed by atoms with Crippen molar-refractivity contribution >= 4 is 55.5 Å². The average molecular weight is 946 g/mol. The van der Waals surface area contributed by atoms with Gasteiger partial charge in [0.1, 0.15) is 23.8 Å². The Hall–Kier alpha value is -5.66. The van der Waals surface area contributed by atoms with Crippen LogP contribution in [0, 0.1) is 21.4 Å². The SMILES string of the molecule is CC1(C)CCC(CN2CCN(c3ccc(C(=O)NS(=O)(=O)c4ccc(OC[C@@]5(C6COC6)CC(F)(F)CN5)c([N+](=O)[O-])c4)c(Oc4cnc5[nH]ccc5c4)c3)CC2)=C(c2ccc(Cl)cc2)C1. The largest absolute Gasteiger partial charge is 0.485 e. The van der Waals surface area contributed by atoms with Crippen LogP contribution in [-0.2, 0) is 14.8 Å². The number of sulfonamides is 1. The molecular formula is C47H50ClF2N7O8S. The first-order valence-electron chi connectivity index (χ1n) is 21.8. The highest BCUT2D eigenvalue weighted by Crippen LogP contribution is 2.44. The van der Waals surface area contributed by atoms with E-state index in [4.69, 9.17) is 25.8 Å². The van der Waals surface area contributed by atoms with E-state index in [-0.39, 0.29) is 48.2 Å². The first-order valence-corrected chi connectivity index (χ1v) is 23.7. The number of ether oxygens (including phenoxy) is 3. The van der Waals surface area contributed by atoms with E-state index >= 15 is 0 Å². The monoisotopic (exact) mass is 945 g/mol. The van der Waals surface area contributed by atoms with Crippen molar-refractivity contribution in [3.05, 3.63) is 117 Å². The van der Waals surface area contributed by atoms with Crippen molar-refractivity contribution in [2.45, 2.75) is 55.9 Å². The lowest BCUT2D eigenvalue weighted by atomic mass is 9.72. The maximum atomic E-state index is 14.4. The number of benzene rings is 3. The van der Waals surface area contributed by atoms with Crippen molar-refractivity contribution in [3.63, 3.8) is 0 Å². The molecule has 15 nitrogen and oxygen atoms in total. The molecule has 5 aromatic rings. The van der Waals surface area contributed by atoms with Gasteiger partial charge in [-0.2, -0.15) is 0 Å². The van der Waals surface area contributed by atoms with E-state index < -0.39 is 55.9 Å². The Morgan fingerprint density at radius 3 is 2.50 bits per heavy atom. The zero-order valence-corrected chi connectivity index (χ0v) is 38.0. The Kier molecular flexibility index (Phi) is 12.3. The summed E-state index contributed by atoms with van der Waals surface area (Å²) in [4.78, 5) is 36.9. The zero-order chi connectivity index (χ0) is 46.4. The summed E-state index contributed by atoms with van der Waals surface area (Å²) < 4.78 is 75.6. The van der Waals surface area contributed by atoms with Gasteiger partial charge in [0.25, 0.3) is 21.9 Å². The average Bonchev–Trinajstić information content (AvgIpc) is 3.86. The van der Waals surface area contributed by atoms with E-state index in [1.807, 2.05) is 22.9 Å². The number of halogens is 3. The van der Waals surface area contributed by atoms with Crippen molar-refractivity contribution in [1.82, 2.24) is 24.9 Å². The third kappa shape index (κ3) is 9.74. The molecule has 3 fully saturated rings. The van der Waals surface area contributed by atoms with E-state index in [9.17, 15) is 32.1 Å². The molecular weight excluding hydrogens is 896 g/mol. The molecule has 0 radical (unpaired) electrons. The minimum Gasteiger partial charge on any atom is -0.485 e. The summed E-state index contributed by atoms with van der Waals surface area (Å²) in [5.41, 5.74) is 3.58. The summed E-state index contributed by atoms with van der Waals surface area (Å²) in [6, 6.07) is 19.5. The van der Waals surface area contributed by atoms with E-state index in [1.165, 1.54) is 29.0 Å². The molecule has 3 N–H and O–H groups in total. The highest BCUT2D eigenvalue weighted by Gasteiger charge is 2.55. The van der Waals surface area contributed by atoms with Crippen LogP contribution in [0.25, 0.3) is 16.6 Å². The number of nitro groups is 1. The van der Waals surface area contributed by atoms with E-state index in [2.05, 4.69) is 51.1 Å². The predicted octanol–water partition coefficient (Wildman–Crippen LogP) is 8.21. The van der Waals surface area contributed by atoms with Gasteiger partial charge in [-0.15, -0.1) is 0 Å². The van der Waals surface area contributed by atoms with E-state index in [1.54, 1.807) is 24.4 Å². The Morgan fingerprint density at radius 1 is 1.03 bits per heavy atom. The molecule has 3 aromatic carbocycles. The maximum absolute atomic E-state index is 14.4. The number of nitro benzene ring substituents is 1. The number of H-pyrrole nitrogens is 1. The van der Waals surface area contributed by atoms with Crippen LogP contribution in [0.1, 0.15) is 55.5 Å². The molecule has 5 heterocycles. The van der Waals surface area contributed by atoms with Crippen LogP contribution in [0.2, 0.25) is 5.02 Å². The molecule has 0 bridgehead atoms. The maximum Gasteiger partial charge on any atom is 0.312 e. The standard InChI is InChI=1S/C47H50ClF2N7O8S/c1-45(2)13-11-32(39(22-45)30-3-5-34(48)6-4-30)24-55-15-17-56(18-16-55)35-7-9-38(42(20-35)65-36-19-31-12-14-51-43(31)52-23-36)44(58)54-66(61,62)37-8-10-41(40(21-37)57(59)60)64-29-46(33-25-63-26-33)27-47(49,50)28-53-46/h3-10,12,14,19-21,23,33,53H,11,13,15-18,22,24-29H2,1-2H3,(H,51,52)(H,54,58)/t46-/m1/s1. The topological polar surface area (TPSA) is 181 Å². The molecule has 0 unspecified atom stereocenters. The molecule has 1 amide bonds. The second kappa shape index (κ2) is 17.9. The Balaban J connectivity index is 0.928. The summed E-state index contributed by atoms with van der Waals surface area (Å²) >= 11 is 6.24. The number of aromatic amines is 1. The lowest BCUT2D eigenvalue weighted by Crippen LogP contribution is -2.58. The van der Waals surface area contributed by atoms with Gasteiger partial charge in [-0.25, -0.2) is 26.9 Å². The first-order chi connectivity index (χ1) is 31.4. The Labute approximate surface area is 385 Å². The van der Waals surface area contributed by atoms with Gasteiger partial charge in [-0.3, -0.25) is 19.8 Å². The number of nitrogens with one attached hydrogen (secondary N) is 3. The number of piperazine rings is 1. The van der Waals surface area contributed by atoms with Gasteiger partial charge in [-0.05, 0) is 84.3 Å². The van der Waals surface area contributed by atoms with Gasteiger partial charge in [-0.1, -0.05) is 43.2 Å². The van der Waals surface area contributed by atoms with Crippen LogP contribution in [0.5, 0.6) is 17.2 Å². The zero-order valence-electron chi connectivity index (χ0n) is 36.4. The number of allylic oxidation sites excluding steroid dienone is 1. The van der Waals surface area contributed by atoms with Crippen molar-refractivity contribution in [2.24, 2.45) is 11.3 Å². The van der Waals surface area contributed by atoms with Crippen LogP contribution < -0.4 is 24.4 Å². The van der Waals surface area contributed by atoms with Crippen LogP contribution in [0.15, 0.2) is 95.7 Å². The van der Waals surface area contributed by atoms with Crippen molar-refractivity contribution in [1.29, 1.82) is 0 Å². The number of hydrogen-bond donors (Lipinski definition) is 3. The van der Waals surface area contributed by atoms with Gasteiger partial charge < -0.3 is 29.4 Å². The molecule has 3 aliphatic heterocycles. The second-order valence-electron chi connectivity index (χ2n) is 18.4. The third-order valence-corrected chi connectivity index (χ3v) is 14.8. The number of hydrogen-bond acceptors (Lipinski definition) is 12. The highest BCUT2D eigenvalue weighted by atomic mass is 35.5. The van der Waals surface area contributed by atoms with Gasteiger partial charge in [0.15, 0.2) is 5.75 Å². The fourth-order valence-electron chi connectivity index (χ4n) is 9.31. The first kappa shape index (κ1) is 45.5. The highest BCUT2D eigenvalue weighted by molar-refractivity contribution is 7.90. The lowest BCUT2D eigenvalue weighted by molar-refractivity contribution is -0.386. The number of anilines is 1. The number of carbonyl (C=O) groups is 1. The Morgan fingerprint density at radius 2 is 1.80 bits per heavy atom. The molecule has 4 aliphatic rings. The van der Waals surface area contributed by atoms with E-state index in [0.29, 0.717) is 29.5 Å². The molecule has 9 rings (SSSR count). The molecule has 19 heteroatoms. The lowest BCUT2D eigenvalue weighted by Gasteiger charge is -2.42. The molecule has 0 spiro atoms. The predicted molar refractivity (Wildman–Crippen MR) is 245 cm³/mol. The quantitative estimate of drug-likeness (QED) is 0.0718. The molecule has 1 atom stereocenters. The number of nitrogens with zero attached hydrogens (tertiary/aromatic N) is 4. The van der Waals surface area contributed by atoms with Gasteiger partial charge in [0, 0.05) is 79.5 Å². The fraction of sp³-hybridized carbons (Fsp3) is 0.404. The van der Waals surface area contributed by atoms with Crippen LogP contribution >= 0.6 is 11.6 Å². The fourth-order valence-corrected chi connectivity index (χ4v) is 10.4. The number of carbonyl (C=O) groups excluding carboxylic acids is 1. The molecule has 348 valence electrons. The number of fused-ring (bicyclic) bond motifs is 1. The van der Waals surface area contributed by atoms with Crippen molar-refractivity contribution in [3.8, 4) is 17.2 Å². The summed E-state index contributed by atoms with van der Waals surface area (Å²) in [5, 5.41) is 16.5. The smallest absolute Gasteiger partial charge is 0.312 e. The molecule has 66 heavy (non-hydrogen) atoms. The second-order valence-corrected chi connectivity index (χ2v) is 20.6. The number of rotatable bonds is 14. The Bertz CT molecular complexity index is 2810. The normalized spacial score (nSPS) is 21.1. The molecule has 2 aromatic heterocycles. The van der Waals surface area contributed by atoms with Crippen LogP contribution in [-0.4, -0.2) is 105 Å². The summed E-state index contributed by atoms with van der Waals surface area (Å²) in [6.45, 7) is 7.94. The van der Waals surface area contributed by atoms with Crippen LogP contribution in [0.4, 0.5) is 20.2 Å². The molecule has 3 saturated heterocycles. The van der Waals surface area contributed by atoms with Gasteiger partial charge in [0.2, 0.25) is 0 Å². The summed E-state index contributed by atoms with van der Waals surface area (Å²) in [7, 11) is -4.72. The number of aromatic nitrogens is 2. The number of pyridine rings is 1. The minimum atomic E-state index is -4.72. The van der Waals surface area contributed by atoms with Crippen molar-refractivity contribution in [2.75, 3.05) is 64.0 Å². The van der Waals surface area contributed by atoms with Gasteiger partial charge in [0.05, 0.1) is 46.9 Å². The number of alkyl halides is 2. The minimum absolute atomic E-state index is 0.0634. The van der Waals surface area contributed by atoms with Gasteiger partial charge >= 0.3 is 5.69 Å². The molecule has 0 saturated carbocycles. The van der Waals surface area contributed by atoms with Crippen molar-refractivity contribution < 1.29 is 41.1 Å². The molecule has 1 aliphatic carbocycles.